The van der Waals surface area contributed by atoms with Crippen LogP contribution in [-0.2, 0) is 13.1 Å². The summed E-state index contributed by atoms with van der Waals surface area (Å²) >= 11 is 1.80. The van der Waals surface area contributed by atoms with Crippen molar-refractivity contribution in [3.8, 4) is 5.75 Å². The summed E-state index contributed by atoms with van der Waals surface area (Å²) in [5.74, 6) is 0.325. The van der Waals surface area contributed by atoms with E-state index in [1.54, 1.807) is 17.4 Å². The van der Waals surface area contributed by atoms with Gasteiger partial charge in [-0.15, -0.1) is 11.3 Å². The molecule has 124 valence electrons. The lowest BCUT2D eigenvalue weighted by atomic mass is 10.1. The van der Waals surface area contributed by atoms with Gasteiger partial charge in [-0.2, -0.15) is 0 Å². The Morgan fingerprint density at radius 2 is 2.04 bits per heavy atom. The van der Waals surface area contributed by atoms with E-state index in [2.05, 4.69) is 33.4 Å². The average Bonchev–Trinajstić information content (AvgIpc) is 3.03. The molecule has 5 heteroatoms. The third-order valence-corrected chi connectivity index (χ3v) is 5.27. The van der Waals surface area contributed by atoms with Gasteiger partial charge < -0.3 is 10.2 Å². The lowest BCUT2D eigenvalue weighted by molar-refractivity contribution is 0.0506. The van der Waals surface area contributed by atoms with Crippen LogP contribution >= 0.6 is 11.3 Å². The molecule has 1 aliphatic rings. The zero-order valence-corrected chi connectivity index (χ0v) is 14.1. The van der Waals surface area contributed by atoms with Crippen LogP contribution in [0.1, 0.15) is 16.9 Å². The molecule has 0 saturated carbocycles. The standard InChI is InChI=1S/C18H24N2O2S/c21-9-6-16-13-19(12-15-3-1-4-17(22)11-15)7-8-20(16)14-18-5-2-10-23-18/h1-5,10-11,16,21-22H,6-9,12-14H2/t16-/m1/s1. The van der Waals surface area contributed by atoms with Crippen LogP contribution in [0, 0.1) is 0 Å². The third-order valence-electron chi connectivity index (χ3n) is 4.41. The van der Waals surface area contributed by atoms with Gasteiger partial charge in [0, 0.05) is 50.2 Å². The fourth-order valence-corrected chi connectivity index (χ4v) is 3.98. The molecule has 0 unspecified atom stereocenters. The van der Waals surface area contributed by atoms with Crippen LogP contribution in [0.25, 0.3) is 0 Å². The highest BCUT2D eigenvalue weighted by molar-refractivity contribution is 7.09. The number of aliphatic hydroxyl groups excluding tert-OH is 1. The Morgan fingerprint density at radius 3 is 2.78 bits per heavy atom. The minimum absolute atomic E-state index is 0.228. The Kier molecular flexibility index (Phi) is 5.67. The van der Waals surface area contributed by atoms with Gasteiger partial charge in [0.25, 0.3) is 0 Å². The first-order chi connectivity index (χ1) is 11.2. The number of benzene rings is 1. The second-order valence-electron chi connectivity index (χ2n) is 6.12. The van der Waals surface area contributed by atoms with Gasteiger partial charge in [-0.3, -0.25) is 9.80 Å². The SMILES string of the molecule is OCC[C@@H]1CN(Cc2cccc(O)c2)CCN1Cc1cccs1. The van der Waals surface area contributed by atoms with E-state index in [9.17, 15) is 10.2 Å². The van der Waals surface area contributed by atoms with E-state index in [-0.39, 0.29) is 6.61 Å². The summed E-state index contributed by atoms with van der Waals surface area (Å²) in [7, 11) is 0. The van der Waals surface area contributed by atoms with E-state index >= 15 is 0 Å². The van der Waals surface area contributed by atoms with Crippen LogP contribution in [0.2, 0.25) is 0 Å². The first-order valence-electron chi connectivity index (χ1n) is 8.12. The number of aromatic hydroxyl groups is 1. The Balaban J connectivity index is 1.61. The second-order valence-corrected chi connectivity index (χ2v) is 7.15. The molecule has 1 aliphatic heterocycles. The van der Waals surface area contributed by atoms with E-state index in [1.807, 2.05) is 12.1 Å². The molecule has 1 saturated heterocycles. The van der Waals surface area contributed by atoms with E-state index in [4.69, 9.17) is 0 Å². The van der Waals surface area contributed by atoms with Crippen molar-refractivity contribution in [2.24, 2.45) is 0 Å². The smallest absolute Gasteiger partial charge is 0.115 e. The summed E-state index contributed by atoms with van der Waals surface area (Å²) in [5.41, 5.74) is 1.14. The number of thiophene rings is 1. The molecule has 1 atom stereocenters. The van der Waals surface area contributed by atoms with Crippen molar-refractivity contribution in [1.82, 2.24) is 9.80 Å². The Hall–Kier alpha value is -1.40. The molecule has 0 bridgehead atoms. The van der Waals surface area contributed by atoms with E-state index in [0.29, 0.717) is 11.8 Å². The predicted molar refractivity (Wildman–Crippen MR) is 93.6 cm³/mol. The van der Waals surface area contributed by atoms with Crippen LogP contribution in [-0.4, -0.2) is 52.3 Å². The maximum atomic E-state index is 9.61. The summed E-state index contributed by atoms with van der Waals surface area (Å²) in [6, 6.07) is 12.1. The molecule has 3 rings (SSSR count). The highest BCUT2D eigenvalue weighted by Crippen LogP contribution is 2.21. The van der Waals surface area contributed by atoms with Gasteiger partial charge in [-0.1, -0.05) is 18.2 Å². The lowest BCUT2D eigenvalue weighted by Crippen LogP contribution is -2.52. The Bertz CT molecular complexity index is 603. The van der Waals surface area contributed by atoms with Crippen molar-refractivity contribution in [3.63, 3.8) is 0 Å². The van der Waals surface area contributed by atoms with Crippen molar-refractivity contribution in [3.05, 3.63) is 52.2 Å². The number of hydrogen-bond acceptors (Lipinski definition) is 5. The van der Waals surface area contributed by atoms with Crippen molar-refractivity contribution >= 4 is 11.3 Å². The number of hydrogen-bond donors (Lipinski definition) is 2. The molecule has 0 aliphatic carbocycles. The molecule has 0 radical (unpaired) electrons. The maximum absolute atomic E-state index is 9.61. The summed E-state index contributed by atoms with van der Waals surface area (Å²) < 4.78 is 0. The zero-order valence-electron chi connectivity index (χ0n) is 13.3. The monoisotopic (exact) mass is 332 g/mol. The van der Waals surface area contributed by atoms with Gasteiger partial charge in [-0.05, 0) is 35.6 Å². The van der Waals surface area contributed by atoms with Gasteiger partial charge in [0.1, 0.15) is 5.75 Å². The summed E-state index contributed by atoms with van der Waals surface area (Å²) in [5, 5.41) is 21.1. The molecule has 1 fully saturated rings. The van der Waals surface area contributed by atoms with Crippen molar-refractivity contribution in [1.29, 1.82) is 0 Å². The van der Waals surface area contributed by atoms with Gasteiger partial charge in [0.05, 0.1) is 0 Å². The summed E-state index contributed by atoms with van der Waals surface area (Å²) in [6.07, 6.45) is 0.807. The number of nitrogens with zero attached hydrogens (tertiary/aromatic N) is 2. The minimum Gasteiger partial charge on any atom is -0.508 e. The minimum atomic E-state index is 0.228. The molecule has 2 aromatic rings. The molecule has 23 heavy (non-hydrogen) atoms. The summed E-state index contributed by atoms with van der Waals surface area (Å²) in [6.45, 7) is 5.04. The van der Waals surface area contributed by atoms with E-state index in [1.165, 1.54) is 4.88 Å². The van der Waals surface area contributed by atoms with Crippen LogP contribution in [0.15, 0.2) is 41.8 Å². The summed E-state index contributed by atoms with van der Waals surface area (Å²) in [4.78, 5) is 6.29. The second kappa shape index (κ2) is 7.93. The van der Waals surface area contributed by atoms with Crippen molar-refractivity contribution in [2.45, 2.75) is 25.6 Å². The normalized spacial score (nSPS) is 20.0. The third kappa shape index (κ3) is 4.54. The maximum Gasteiger partial charge on any atom is 0.115 e. The molecule has 2 N–H and O–H groups in total. The first-order valence-corrected chi connectivity index (χ1v) is 9.00. The molecule has 4 nitrogen and oxygen atoms in total. The van der Waals surface area contributed by atoms with Crippen molar-refractivity contribution in [2.75, 3.05) is 26.2 Å². The van der Waals surface area contributed by atoms with Crippen LogP contribution < -0.4 is 0 Å². The topological polar surface area (TPSA) is 46.9 Å². The predicted octanol–water partition coefficient (Wildman–Crippen LogP) is 2.52. The highest BCUT2D eigenvalue weighted by Gasteiger charge is 2.26. The number of phenols is 1. The van der Waals surface area contributed by atoms with E-state index in [0.717, 1.165) is 44.7 Å². The first kappa shape index (κ1) is 16.5. The van der Waals surface area contributed by atoms with E-state index < -0.39 is 0 Å². The Morgan fingerprint density at radius 1 is 1.13 bits per heavy atom. The average molecular weight is 332 g/mol. The molecule has 2 heterocycles. The molecule has 1 aromatic carbocycles. The lowest BCUT2D eigenvalue weighted by Gasteiger charge is -2.41. The largest absolute Gasteiger partial charge is 0.508 e. The quantitative estimate of drug-likeness (QED) is 0.853. The van der Waals surface area contributed by atoms with Crippen molar-refractivity contribution < 1.29 is 10.2 Å². The molecule has 0 spiro atoms. The Labute approximate surface area is 141 Å². The van der Waals surface area contributed by atoms with Crippen LogP contribution in [0.4, 0.5) is 0 Å². The number of phenolic OH excluding ortho intramolecular Hbond substituents is 1. The fourth-order valence-electron chi connectivity index (χ4n) is 3.25. The number of aliphatic hydroxyl groups is 1. The van der Waals surface area contributed by atoms with Gasteiger partial charge >= 0.3 is 0 Å². The molecule has 1 aromatic heterocycles. The molecular weight excluding hydrogens is 308 g/mol. The molecular formula is C18H24N2O2S. The number of rotatable bonds is 6. The zero-order chi connectivity index (χ0) is 16.1. The number of piperazine rings is 1. The fraction of sp³-hybridized carbons (Fsp3) is 0.444. The van der Waals surface area contributed by atoms with Gasteiger partial charge in [-0.25, -0.2) is 0 Å². The highest BCUT2D eigenvalue weighted by atomic mass is 32.1. The van der Waals surface area contributed by atoms with Gasteiger partial charge in [0.2, 0.25) is 0 Å². The van der Waals surface area contributed by atoms with Gasteiger partial charge in [0.15, 0.2) is 0 Å². The van der Waals surface area contributed by atoms with Crippen LogP contribution in [0.5, 0.6) is 5.75 Å². The molecule has 0 amide bonds. The van der Waals surface area contributed by atoms with Crippen LogP contribution in [0.3, 0.4) is 0 Å².